The Bertz CT molecular complexity index is 1870. The first-order chi connectivity index (χ1) is 20.5. The lowest BCUT2D eigenvalue weighted by Gasteiger charge is -2.44. The van der Waals surface area contributed by atoms with E-state index in [2.05, 4.69) is 122 Å². The molecule has 0 saturated carbocycles. The van der Waals surface area contributed by atoms with Crippen LogP contribution >= 0.6 is 0 Å². The first-order valence-electron chi connectivity index (χ1n) is 16.7. The molecule has 43 heavy (non-hydrogen) atoms. The van der Waals surface area contributed by atoms with Crippen LogP contribution < -0.4 is 5.19 Å². The van der Waals surface area contributed by atoms with Crippen LogP contribution in [0.1, 0.15) is 90.5 Å². The quantitative estimate of drug-likeness (QED) is 0.149. The average molecular weight is 582 g/mol. The summed E-state index contributed by atoms with van der Waals surface area (Å²) in [5.41, 5.74) is 13.2. The molecule has 0 atom stereocenters. The van der Waals surface area contributed by atoms with E-state index in [1.54, 1.807) is 5.19 Å². The van der Waals surface area contributed by atoms with Gasteiger partial charge < -0.3 is 0 Å². The van der Waals surface area contributed by atoms with Crippen LogP contribution in [0, 0.1) is 0 Å². The maximum atomic E-state index is 4.95. The summed E-state index contributed by atoms with van der Waals surface area (Å²) in [6, 6.07) is 26.5. The van der Waals surface area contributed by atoms with Gasteiger partial charge in [-0.15, -0.1) is 0 Å². The van der Waals surface area contributed by atoms with Crippen LogP contribution in [-0.4, -0.2) is 13.1 Å². The van der Waals surface area contributed by atoms with Crippen molar-refractivity contribution in [3.8, 4) is 22.4 Å². The van der Waals surface area contributed by atoms with Crippen molar-refractivity contribution in [1.29, 1.82) is 0 Å². The zero-order chi connectivity index (χ0) is 30.3. The standard InChI is InChI=1S/C41H47NSi/c1-25(2)43(26(3)4,27(5)6)32-16-18-34-37-22-30-15-17-35-33(36(30)24-39(37)41(7,8)38(34)23-32)19-20-42-40(35)31-14-13-28-11-9-10-12-29(28)21-31/h13-27H,9-12H2,1-8H3. The first-order valence-corrected chi connectivity index (χ1v) is 18.9. The lowest BCUT2D eigenvalue weighted by molar-refractivity contribution is 0.661. The average Bonchev–Trinajstić information content (AvgIpc) is 3.20. The Morgan fingerprint density at radius 2 is 1.33 bits per heavy atom. The predicted molar refractivity (Wildman–Crippen MR) is 190 cm³/mol. The lowest BCUT2D eigenvalue weighted by atomic mass is 9.81. The Hall–Kier alpha value is -3.23. The summed E-state index contributed by atoms with van der Waals surface area (Å²) >= 11 is 0. The van der Waals surface area contributed by atoms with Crippen molar-refractivity contribution in [2.24, 2.45) is 0 Å². The highest BCUT2D eigenvalue weighted by Crippen LogP contribution is 2.51. The molecule has 1 heterocycles. The third-order valence-corrected chi connectivity index (χ3v) is 18.6. The third kappa shape index (κ3) is 4.12. The summed E-state index contributed by atoms with van der Waals surface area (Å²) < 4.78 is 0. The molecule has 0 N–H and O–H groups in total. The Balaban J connectivity index is 1.39. The van der Waals surface area contributed by atoms with Crippen molar-refractivity contribution in [2.75, 3.05) is 0 Å². The van der Waals surface area contributed by atoms with Gasteiger partial charge in [0.1, 0.15) is 0 Å². The third-order valence-electron chi connectivity index (χ3n) is 11.5. The molecule has 220 valence electrons. The van der Waals surface area contributed by atoms with Crippen LogP contribution in [0.5, 0.6) is 0 Å². The highest BCUT2D eigenvalue weighted by atomic mass is 28.3. The lowest BCUT2D eigenvalue weighted by Crippen LogP contribution is -2.55. The zero-order valence-electron chi connectivity index (χ0n) is 27.4. The summed E-state index contributed by atoms with van der Waals surface area (Å²) in [7, 11) is -1.75. The summed E-state index contributed by atoms with van der Waals surface area (Å²) in [4.78, 5) is 4.95. The molecule has 0 bridgehead atoms. The topological polar surface area (TPSA) is 12.9 Å². The van der Waals surface area contributed by atoms with E-state index in [1.165, 1.54) is 86.2 Å². The number of aryl methyl sites for hydroxylation is 2. The van der Waals surface area contributed by atoms with Gasteiger partial charge in [-0.05, 0) is 116 Å². The van der Waals surface area contributed by atoms with E-state index in [9.17, 15) is 0 Å². The van der Waals surface area contributed by atoms with Crippen molar-refractivity contribution >= 4 is 34.8 Å². The molecule has 1 aromatic heterocycles. The number of aromatic nitrogens is 1. The molecule has 2 aliphatic carbocycles. The van der Waals surface area contributed by atoms with Gasteiger partial charge in [0.05, 0.1) is 13.8 Å². The normalized spacial score (nSPS) is 15.9. The van der Waals surface area contributed by atoms with Crippen molar-refractivity contribution in [1.82, 2.24) is 4.98 Å². The summed E-state index contributed by atoms with van der Waals surface area (Å²) in [6.45, 7) is 19.8. The van der Waals surface area contributed by atoms with Crippen molar-refractivity contribution < 1.29 is 0 Å². The number of pyridine rings is 1. The minimum absolute atomic E-state index is 0.0452. The van der Waals surface area contributed by atoms with E-state index in [0.29, 0.717) is 16.6 Å². The van der Waals surface area contributed by atoms with Crippen LogP contribution in [0.4, 0.5) is 0 Å². The fourth-order valence-electron chi connectivity index (χ4n) is 9.60. The molecule has 0 aliphatic heterocycles. The molecular weight excluding hydrogens is 535 g/mol. The number of nitrogens with zero attached hydrogens (tertiary/aromatic N) is 1. The summed E-state index contributed by atoms with van der Waals surface area (Å²) in [6.07, 6.45) is 7.03. The fraction of sp³-hybridized carbons (Fsp3) is 0.390. The largest absolute Gasteiger partial charge is 0.256 e. The molecule has 4 aromatic carbocycles. The van der Waals surface area contributed by atoms with Gasteiger partial charge >= 0.3 is 0 Å². The summed E-state index contributed by atoms with van der Waals surface area (Å²) in [5, 5.41) is 6.86. The first kappa shape index (κ1) is 28.5. The minimum Gasteiger partial charge on any atom is -0.256 e. The molecule has 0 fully saturated rings. The smallest absolute Gasteiger partial charge is 0.0942 e. The second-order valence-corrected chi connectivity index (χ2v) is 20.8. The molecule has 5 aromatic rings. The van der Waals surface area contributed by atoms with Gasteiger partial charge in [-0.2, -0.15) is 0 Å². The Labute approximate surface area is 259 Å². The van der Waals surface area contributed by atoms with Gasteiger partial charge in [0, 0.05) is 22.6 Å². The number of rotatable bonds is 5. The van der Waals surface area contributed by atoms with E-state index >= 15 is 0 Å². The maximum absolute atomic E-state index is 4.95. The maximum Gasteiger partial charge on any atom is 0.0942 e. The molecule has 0 spiro atoms. The van der Waals surface area contributed by atoms with Crippen LogP contribution in [0.3, 0.4) is 0 Å². The van der Waals surface area contributed by atoms with Crippen LogP contribution in [-0.2, 0) is 18.3 Å². The number of hydrogen-bond acceptors (Lipinski definition) is 1. The molecule has 7 rings (SSSR count). The Morgan fingerprint density at radius 1 is 0.628 bits per heavy atom. The van der Waals surface area contributed by atoms with Gasteiger partial charge in [-0.1, -0.05) is 103 Å². The van der Waals surface area contributed by atoms with Crippen molar-refractivity contribution in [2.45, 2.75) is 103 Å². The van der Waals surface area contributed by atoms with E-state index in [-0.39, 0.29) is 5.41 Å². The number of benzene rings is 4. The molecule has 1 nitrogen and oxygen atoms in total. The van der Waals surface area contributed by atoms with Gasteiger partial charge in [0.2, 0.25) is 0 Å². The second kappa shape index (κ2) is 10.2. The fourth-order valence-corrected chi connectivity index (χ4v) is 16.4. The van der Waals surface area contributed by atoms with E-state index in [4.69, 9.17) is 4.98 Å². The van der Waals surface area contributed by atoms with Crippen LogP contribution in [0.15, 0.2) is 72.9 Å². The molecule has 0 saturated heterocycles. The van der Waals surface area contributed by atoms with Crippen molar-refractivity contribution in [3.05, 3.63) is 95.2 Å². The zero-order valence-corrected chi connectivity index (χ0v) is 28.4. The molecule has 2 heteroatoms. The Kier molecular flexibility index (Phi) is 6.74. The summed E-state index contributed by atoms with van der Waals surface area (Å²) in [5.74, 6) is 0. The number of hydrogen-bond donors (Lipinski definition) is 0. The molecule has 2 aliphatic rings. The second-order valence-electron chi connectivity index (χ2n) is 14.9. The highest BCUT2D eigenvalue weighted by molar-refractivity contribution is 6.95. The highest BCUT2D eigenvalue weighted by Gasteiger charge is 2.46. The van der Waals surface area contributed by atoms with E-state index < -0.39 is 8.07 Å². The molecular formula is C41H47NSi. The van der Waals surface area contributed by atoms with Gasteiger partial charge in [-0.3, -0.25) is 4.98 Å². The van der Waals surface area contributed by atoms with E-state index in [1.807, 2.05) is 6.20 Å². The predicted octanol–water partition coefficient (Wildman–Crippen LogP) is 11.1. The SMILES string of the molecule is CC(C)[Si](c1ccc2c(c1)C(C)(C)c1cc3c(ccc4c(-c5ccc6c(c5)CCCC6)nccc43)cc1-2)(C(C)C)C(C)C. The van der Waals surface area contributed by atoms with E-state index in [0.717, 1.165) is 5.69 Å². The van der Waals surface area contributed by atoms with Crippen LogP contribution in [0.25, 0.3) is 43.9 Å². The molecule has 0 radical (unpaired) electrons. The van der Waals surface area contributed by atoms with Gasteiger partial charge in [-0.25, -0.2) is 0 Å². The molecule has 0 amide bonds. The Morgan fingerprint density at radius 3 is 2.05 bits per heavy atom. The molecule has 0 unspecified atom stereocenters. The van der Waals surface area contributed by atoms with Gasteiger partial charge in [0.15, 0.2) is 0 Å². The minimum atomic E-state index is -1.75. The van der Waals surface area contributed by atoms with Crippen LogP contribution in [0.2, 0.25) is 16.6 Å². The number of fused-ring (bicyclic) bond motifs is 7. The van der Waals surface area contributed by atoms with Gasteiger partial charge in [0.25, 0.3) is 0 Å². The van der Waals surface area contributed by atoms with Crippen molar-refractivity contribution in [3.63, 3.8) is 0 Å². The monoisotopic (exact) mass is 581 g/mol.